The molecule has 1 rings (SSSR count). The quantitative estimate of drug-likeness (QED) is 0.800. The van der Waals surface area contributed by atoms with E-state index in [1.54, 1.807) is 13.8 Å². The molecule has 0 saturated heterocycles. The van der Waals surface area contributed by atoms with E-state index >= 15 is 0 Å². The van der Waals surface area contributed by atoms with Crippen molar-refractivity contribution in [1.29, 1.82) is 0 Å². The molecule has 102 valence electrons. The van der Waals surface area contributed by atoms with Crippen molar-refractivity contribution >= 4 is 15.8 Å². The molecule has 0 amide bonds. The third kappa shape index (κ3) is 3.58. The molecule has 7 heteroatoms. The van der Waals surface area contributed by atoms with Gasteiger partial charge in [0.1, 0.15) is 12.0 Å². The summed E-state index contributed by atoms with van der Waals surface area (Å²) in [6.45, 7) is 3.79. The third-order valence-corrected chi connectivity index (χ3v) is 4.91. The van der Waals surface area contributed by atoms with E-state index in [4.69, 9.17) is 9.52 Å². The van der Waals surface area contributed by atoms with Crippen LogP contribution in [0.1, 0.15) is 30.0 Å². The average Bonchev–Trinajstić information content (AvgIpc) is 2.64. The van der Waals surface area contributed by atoms with Crippen LogP contribution in [-0.4, -0.2) is 37.0 Å². The van der Waals surface area contributed by atoms with Crippen molar-refractivity contribution in [2.45, 2.75) is 25.1 Å². The Bertz CT molecular complexity index is 529. The lowest BCUT2D eigenvalue weighted by atomic mass is 10.2. The van der Waals surface area contributed by atoms with Crippen LogP contribution in [0, 0.1) is 0 Å². The van der Waals surface area contributed by atoms with Gasteiger partial charge in [0.15, 0.2) is 9.84 Å². The van der Waals surface area contributed by atoms with E-state index in [1.807, 2.05) is 0 Å². The maximum atomic E-state index is 11.4. The maximum absolute atomic E-state index is 11.4. The van der Waals surface area contributed by atoms with Crippen LogP contribution in [-0.2, 0) is 16.4 Å². The highest BCUT2D eigenvalue weighted by molar-refractivity contribution is 7.92. The molecule has 18 heavy (non-hydrogen) atoms. The van der Waals surface area contributed by atoms with Gasteiger partial charge in [0, 0.05) is 12.8 Å². The number of carboxylic acids is 1. The smallest absolute Gasteiger partial charge is 0.338 e. The molecule has 0 aromatic carbocycles. The first-order valence-corrected chi connectivity index (χ1v) is 7.23. The SMILES string of the molecule is CC(C)(CNCc1cc(C(=O)O)co1)S(C)(=O)=O. The van der Waals surface area contributed by atoms with Crippen molar-refractivity contribution in [2.75, 3.05) is 12.8 Å². The van der Waals surface area contributed by atoms with Crippen LogP contribution in [0.15, 0.2) is 16.7 Å². The number of hydrogen-bond donors (Lipinski definition) is 2. The molecular formula is C11H17NO5S. The van der Waals surface area contributed by atoms with E-state index in [2.05, 4.69) is 5.32 Å². The second-order valence-corrected chi connectivity index (χ2v) is 7.39. The minimum absolute atomic E-state index is 0.0779. The predicted octanol–water partition coefficient (Wildman–Crippen LogP) is 0.891. The van der Waals surface area contributed by atoms with Gasteiger partial charge in [-0.3, -0.25) is 0 Å². The van der Waals surface area contributed by atoms with Crippen LogP contribution < -0.4 is 5.32 Å². The number of sulfone groups is 1. The van der Waals surface area contributed by atoms with Gasteiger partial charge in [0.2, 0.25) is 0 Å². The number of nitrogens with one attached hydrogen (secondary N) is 1. The minimum Gasteiger partial charge on any atom is -0.478 e. The summed E-state index contributed by atoms with van der Waals surface area (Å²) < 4.78 is 27.0. The summed E-state index contributed by atoms with van der Waals surface area (Å²) >= 11 is 0. The van der Waals surface area contributed by atoms with Crippen LogP contribution in [0.25, 0.3) is 0 Å². The van der Waals surface area contributed by atoms with Gasteiger partial charge >= 0.3 is 5.97 Å². The highest BCUT2D eigenvalue weighted by atomic mass is 32.2. The zero-order chi connectivity index (χ0) is 14.0. The number of carbonyl (C=O) groups is 1. The lowest BCUT2D eigenvalue weighted by molar-refractivity contribution is 0.0696. The fourth-order valence-electron chi connectivity index (χ4n) is 1.20. The van der Waals surface area contributed by atoms with E-state index in [1.165, 1.54) is 12.3 Å². The topological polar surface area (TPSA) is 96.6 Å². The molecule has 0 unspecified atom stereocenters. The molecule has 0 atom stereocenters. The highest BCUT2D eigenvalue weighted by Crippen LogP contribution is 2.14. The summed E-state index contributed by atoms with van der Waals surface area (Å²) in [5.41, 5.74) is 0.0779. The van der Waals surface area contributed by atoms with Crippen LogP contribution >= 0.6 is 0 Å². The fraction of sp³-hybridized carbons (Fsp3) is 0.545. The second kappa shape index (κ2) is 5.11. The highest BCUT2D eigenvalue weighted by Gasteiger charge is 2.29. The molecule has 2 N–H and O–H groups in total. The second-order valence-electron chi connectivity index (χ2n) is 4.74. The maximum Gasteiger partial charge on any atom is 0.338 e. The molecule has 1 aromatic heterocycles. The molecule has 0 aliphatic rings. The van der Waals surface area contributed by atoms with E-state index in [9.17, 15) is 13.2 Å². The first kappa shape index (κ1) is 14.7. The Morgan fingerprint density at radius 1 is 1.50 bits per heavy atom. The van der Waals surface area contributed by atoms with E-state index in [0.717, 1.165) is 6.26 Å². The predicted molar refractivity (Wildman–Crippen MR) is 66.3 cm³/mol. The molecule has 0 aliphatic carbocycles. The molecular weight excluding hydrogens is 258 g/mol. The molecule has 0 saturated carbocycles. The Kier molecular flexibility index (Phi) is 4.18. The fourth-order valence-corrected chi connectivity index (χ4v) is 1.57. The molecule has 0 fully saturated rings. The van der Waals surface area contributed by atoms with E-state index in [-0.39, 0.29) is 18.7 Å². The lowest BCUT2D eigenvalue weighted by Gasteiger charge is -2.22. The van der Waals surface area contributed by atoms with Gasteiger partial charge in [-0.2, -0.15) is 0 Å². The first-order chi connectivity index (χ1) is 8.13. The van der Waals surface area contributed by atoms with Crippen LogP contribution in [0.5, 0.6) is 0 Å². The monoisotopic (exact) mass is 275 g/mol. The minimum atomic E-state index is -3.15. The van der Waals surface area contributed by atoms with Gasteiger partial charge in [-0.05, 0) is 19.9 Å². The molecule has 1 heterocycles. The number of hydrogen-bond acceptors (Lipinski definition) is 5. The Morgan fingerprint density at radius 2 is 2.11 bits per heavy atom. The van der Waals surface area contributed by atoms with E-state index < -0.39 is 20.6 Å². The zero-order valence-corrected chi connectivity index (χ0v) is 11.4. The summed E-state index contributed by atoms with van der Waals surface area (Å²) in [7, 11) is -3.15. The molecule has 1 aromatic rings. The Hall–Kier alpha value is -1.34. The number of aromatic carboxylic acids is 1. The molecule has 0 spiro atoms. The van der Waals surface area contributed by atoms with Gasteiger partial charge in [-0.25, -0.2) is 13.2 Å². The number of furan rings is 1. The molecule has 6 nitrogen and oxygen atoms in total. The summed E-state index contributed by atoms with van der Waals surface area (Å²) in [6.07, 6.45) is 2.34. The van der Waals surface area contributed by atoms with Crippen molar-refractivity contribution in [2.24, 2.45) is 0 Å². The van der Waals surface area contributed by atoms with Crippen LogP contribution in [0.2, 0.25) is 0 Å². The summed E-state index contributed by atoms with van der Waals surface area (Å²) in [5, 5.41) is 11.6. The number of carboxylic acid groups (broad SMARTS) is 1. The lowest BCUT2D eigenvalue weighted by Crippen LogP contribution is -2.41. The summed E-state index contributed by atoms with van der Waals surface area (Å²) in [5.74, 6) is -0.599. The summed E-state index contributed by atoms with van der Waals surface area (Å²) in [4.78, 5) is 10.6. The number of rotatable bonds is 6. The van der Waals surface area contributed by atoms with Gasteiger partial charge in [0.05, 0.1) is 16.9 Å². The van der Waals surface area contributed by atoms with Crippen molar-refractivity contribution < 1.29 is 22.7 Å². The van der Waals surface area contributed by atoms with Crippen LogP contribution in [0.3, 0.4) is 0 Å². The summed E-state index contributed by atoms with van der Waals surface area (Å²) in [6, 6.07) is 1.41. The Balaban J connectivity index is 2.54. The van der Waals surface area contributed by atoms with Crippen LogP contribution in [0.4, 0.5) is 0 Å². The standard InChI is InChI=1S/C11H17NO5S/c1-11(2,18(3,15)16)7-12-5-9-4-8(6-17-9)10(13)14/h4,6,12H,5,7H2,1-3H3,(H,13,14). The normalized spacial score (nSPS) is 12.6. The van der Waals surface area contributed by atoms with Crippen molar-refractivity contribution in [3.8, 4) is 0 Å². The largest absolute Gasteiger partial charge is 0.478 e. The molecule has 0 radical (unpaired) electrons. The first-order valence-electron chi connectivity index (χ1n) is 5.34. The van der Waals surface area contributed by atoms with Gasteiger partial charge in [-0.15, -0.1) is 0 Å². The van der Waals surface area contributed by atoms with Crippen molar-refractivity contribution in [3.05, 3.63) is 23.7 Å². The van der Waals surface area contributed by atoms with Gasteiger partial charge in [-0.1, -0.05) is 0 Å². The Morgan fingerprint density at radius 3 is 2.56 bits per heavy atom. The van der Waals surface area contributed by atoms with Crippen molar-refractivity contribution in [3.63, 3.8) is 0 Å². The Labute approximate surface area is 106 Å². The zero-order valence-electron chi connectivity index (χ0n) is 10.6. The van der Waals surface area contributed by atoms with E-state index in [0.29, 0.717) is 5.76 Å². The average molecular weight is 275 g/mol. The van der Waals surface area contributed by atoms with Gasteiger partial charge in [0.25, 0.3) is 0 Å². The molecule has 0 aliphatic heterocycles. The molecule has 0 bridgehead atoms. The van der Waals surface area contributed by atoms with Gasteiger partial charge < -0.3 is 14.8 Å². The third-order valence-electron chi connectivity index (χ3n) is 2.75. The van der Waals surface area contributed by atoms with Crippen molar-refractivity contribution in [1.82, 2.24) is 5.32 Å².